The van der Waals surface area contributed by atoms with E-state index >= 15 is 0 Å². The minimum Gasteiger partial charge on any atom is -0.493 e. The van der Waals surface area contributed by atoms with Crippen molar-refractivity contribution < 1.29 is 14.2 Å². The van der Waals surface area contributed by atoms with Crippen LogP contribution in [0.3, 0.4) is 0 Å². The monoisotopic (exact) mass is 330 g/mol. The topological polar surface area (TPSA) is 54.4 Å². The van der Waals surface area contributed by atoms with Crippen LogP contribution in [0.5, 0.6) is 5.75 Å². The molecule has 0 amide bonds. The summed E-state index contributed by atoms with van der Waals surface area (Å²) in [6.07, 6.45) is 4.34. The molecule has 0 radical (unpaired) electrons. The smallest absolute Gasteiger partial charge is 0.126 e. The molecular weight excluding hydrogens is 307 g/mol. The Labute approximate surface area is 141 Å². The number of ether oxygens (including phenoxy) is 1. The molecule has 2 N–H and O–H groups in total. The first-order valence-corrected chi connectivity index (χ1v) is 8.42. The summed E-state index contributed by atoms with van der Waals surface area (Å²) in [4.78, 5) is 4.32. The van der Waals surface area contributed by atoms with E-state index < -0.39 is 0 Å². The van der Waals surface area contributed by atoms with Crippen molar-refractivity contribution in [1.82, 2.24) is 10.3 Å². The SMILES string of the molecule is OC[C@@H](CN[C@@H]1CCCOc2cc(F)ccc21)Cc1ccccn1. The Morgan fingerprint density at radius 1 is 1.33 bits per heavy atom. The number of benzene rings is 1. The number of hydrogen-bond donors (Lipinski definition) is 2. The van der Waals surface area contributed by atoms with Crippen molar-refractivity contribution in [2.75, 3.05) is 19.8 Å². The van der Waals surface area contributed by atoms with E-state index in [1.165, 1.54) is 12.1 Å². The van der Waals surface area contributed by atoms with Gasteiger partial charge in [0.25, 0.3) is 0 Å². The third kappa shape index (κ3) is 4.30. The number of pyridine rings is 1. The van der Waals surface area contributed by atoms with Gasteiger partial charge in [-0.2, -0.15) is 0 Å². The number of aromatic nitrogens is 1. The first-order valence-electron chi connectivity index (χ1n) is 8.42. The van der Waals surface area contributed by atoms with Crippen LogP contribution in [0.1, 0.15) is 30.1 Å². The van der Waals surface area contributed by atoms with Gasteiger partial charge in [0, 0.05) is 42.7 Å². The number of halogens is 1. The zero-order valence-electron chi connectivity index (χ0n) is 13.6. The van der Waals surface area contributed by atoms with Gasteiger partial charge < -0.3 is 15.2 Å². The van der Waals surface area contributed by atoms with Crippen LogP contribution in [0.15, 0.2) is 42.6 Å². The lowest BCUT2D eigenvalue weighted by atomic mass is 9.99. The van der Waals surface area contributed by atoms with Crippen LogP contribution >= 0.6 is 0 Å². The molecule has 1 aromatic carbocycles. The molecule has 5 heteroatoms. The standard InChI is InChI=1S/C19H23FN2O2/c20-15-6-7-17-18(5-3-9-24-19(17)11-15)22-12-14(13-23)10-16-4-1-2-8-21-16/h1-2,4,6-8,11,14,18,22-23H,3,5,9-10,12-13H2/t14-,18-/m1/s1. The maximum Gasteiger partial charge on any atom is 0.126 e. The second-order valence-electron chi connectivity index (χ2n) is 6.21. The maximum atomic E-state index is 13.4. The number of fused-ring (bicyclic) bond motifs is 1. The second kappa shape index (κ2) is 8.22. The van der Waals surface area contributed by atoms with Crippen molar-refractivity contribution in [2.24, 2.45) is 5.92 Å². The van der Waals surface area contributed by atoms with Gasteiger partial charge in [-0.25, -0.2) is 4.39 Å². The number of nitrogens with one attached hydrogen (secondary N) is 1. The highest BCUT2D eigenvalue weighted by Gasteiger charge is 2.21. The Morgan fingerprint density at radius 3 is 3.04 bits per heavy atom. The predicted octanol–water partition coefficient (Wildman–Crippen LogP) is 2.88. The lowest BCUT2D eigenvalue weighted by Crippen LogP contribution is -2.30. The fraction of sp³-hybridized carbons (Fsp3) is 0.421. The number of rotatable bonds is 6. The van der Waals surface area contributed by atoms with Gasteiger partial charge in [0.05, 0.1) is 6.61 Å². The number of hydrogen-bond acceptors (Lipinski definition) is 4. The van der Waals surface area contributed by atoms with Crippen LogP contribution in [0, 0.1) is 11.7 Å². The Balaban J connectivity index is 1.65. The fourth-order valence-corrected chi connectivity index (χ4v) is 3.08. The van der Waals surface area contributed by atoms with Gasteiger partial charge in [-0.15, -0.1) is 0 Å². The lowest BCUT2D eigenvalue weighted by molar-refractivity contribution is 0.216. The van der Waals surface area contributed by atoms with E-state index in [1.54, 1.807) is 12.3 Å². The molecule has 2 atom stereocenters. The normalized spacial score (nSPS) is 18.3. The summed E-state index contributed by atoms with van der Waals surface area (Å²) in [5.41, 5.74) is 1.97. The minimum atomic E-state index is -0.280. The van der Waals surface area contributed by atoms with E-state index in [-0.39, 0.29) is 24.4 Å². The molecule has 0 aliphatic carbocycles. The zero-order valence-corrected chi connectivity index (χ0v) is 13.6. The summed E-state index contributed by atoms with van der Waals surface area (Å²) in [6, 6.07) is 10.6. The minimum absolute atomic E-state index is 0.0907. The molecular formula is C19H23FN2O2. The van der Waals surface area contributed by atoms with Gasteiger partial charge in [0.1, 0.15) is 11.6 Å². The molecule has 1 aromatic heterocycles. The average Bonchev–Trinajstić information content (AvgIpc) is 2.81. The molecule has 1 aliphatic rings. The molecule has 1 aliphatic heterocycles. The third-order valence-corrected chi connectivity index (χ3v) is 4.38. The Bertz CT molecular complexity index is 651. The molecule has 0 saturated heterocycles. The van der Waals surface area contributed by atoms with Gasteiger partial charge in [-0.1, -0.05) is 12.1 Å². The van der Waals surface area contributed by atoms with Gasteiger partial charge in [0.2, 0.25) is 0 Å². The van der Waals surface area contributed by atoms with Crippen LogP contribution < -0.4 is 10.1 Å². The average molecular weight is 330 g/mol. The van der Waals surface area contributed by atoms with Crippen molar-refractivity contribution in [3.63, 3.8) is 0 Å². The quantitative estimate of drug-likeness (QED) is 0.855. The number of aliphatic hydroxyl groups excluding tert-OH is 1. The Hall–Kier alpha value is -1.98. The summed E-state index contributed by atoms with van der Waals surface area (Å²) in [6.45, 7) is 1.38. The second-order valence-corrected chi connectivity index (χ2v) is 6.21. The highest BCUT2D eigenvalue weighted by atomic mass is 19.1. The van der Waals surface area contributed by atoms with E-state index in [1.807, 2.05) is 18.2 Å². The van der Waals surface area contributed by atoms with Gasteiger partial charge >= 0.3 is 0 Å². The molecule has 0 fully saturated rings. The molecule has 2 heterocycles. The summed E-state index contributed by atoms with van der Waals surface area (Å²) in [5.74, 6) is 0.432. The Kier molecular flexibility index (Phi) is 5.77. The van der Waals surface area contributed by atoms with E-state index in [0.29, 0.717) is 18.9 Å². The van der Waals surface area contributed by atoms with Crippen molar-refractivity contribution in [3.05, 3.63) is 59.7 Å². The molecule has 128 valence electrons. The molecule has 4 nitrogen and oxygen atoms in total. The first-order chi connectivity index (χ1) is 11.8. The summed E-state index contributed by atoms with van der Waals surface area (Å²) >= 11 is 0. The van der Waals surface area contributed by atoms with E-state index in [9.17, 15) is 9.50 Å². The summed E-state index contributed by atoms with van der Waals surface area (Å²) in [5, 5.41) is 13.2. The zero-order chi connectivity index (χ0) is 16.8. The molecule has 2 aromatic rings. The Morgan fingerprint density at radius 2 is 2.25 bits per heavy atom. The van der Waals surface area contributed by atoms with Crippen LogP contribution in [-0.2, 0) is 6.42 Å². The van der Waals surface area contributed by atoms with Crippen LogP contribution in [0.25, 0.3) is 0 Å². The molecule has 0 saturated carbocycles. The predicted molar refractivity (Wildman–Crippen MR) is 90.4 cm³/mol. The fourth-order valence-electron chi connectivity index (χ4n) is 3.08. The number of nitrogens with zero attached hydrogens (tertiary/aromatic N) is 1. The highest BCUT2D eigenvalue weighted by molar-refractivity contribution is 5.37. The van der Waals surface area contributed by atoms with Crippen molar-refractivity contribution in [2.45, 2.75) is 25.3 Å². The number of aliphatic hydroxyl groups is 1. The maximum absolute atomic E-state index is 13.4. The van der Waals surface area contributed by atoms with E-state index in [4.69, 9.17) is 4.74 Å². The van der Waals surface area contributed by atoms with Crippen LogP contribution in [-0.4, -0.2) is 29.8 Å². The van der Waals surface area contributed by atoms with Crippen LogP contribution in [0.2, 0.25) is 0 Å². The molecule has 3 rings (SSSR count). The van der Waals surface area contributed by atoms with Gasteiger partial charge in [-0.3, -0.25) is 4.98 Å². The molecule has 24 heavy (non-hydrogen) atoms. The third-order valence-electron chi connectivity index (χ3n) is 4.38. The largest absolute Gasteiger partial charge is 0.493 e. The van der Waals surface area contributed by atoms with Crippen LogP contribution in [0.4, 0.5) is 4.39 Å². The summed E-state index contributed by atoms with van der Waals surface area (Å²) in [7, 11) is 0. The van der Waals surface area contributed by atoms with Crippen molar-refractivity contribution in [1.29, 1.82) is 0 Å². The molecule has 0 unspecified atom stereocenters. The van der Waals surface area contributed by atoms with Crippen molar-refractivity contribution in [3.8, 4) is 5.75 Å². The van der Waals surface area contributed by atoms with Crippen molar-refractivity contribution >= 4 is 0 Å². The van der Waals surface area contributed by atoms with E-state index in [0.717, 1.165) is 30.5 Å². The molecule has 0 spiro atoms. The lowest BCUT2D eigenvalue weighted by Gasteiger charge is -2.22. The first kappa shape index (κ1) is 16.9. The molecule has 0 bridgehead atoms. The highest BCUT2D eigenvalue weighted by Crippen LogP contribution is 2.32. The van der Waals surface area contributed by atoms with Gasteiger partial charge in [0.15, 0.2) is 0 Å². The van der Waals surface area contributed by atoms with E-state index in [2.05, 4.69) is 10.3 Å². The van der Waals surface area contributed by atoms with Gasteiger partial charge in [-0.05, 0) is 43.4 Å². The summed E-state index contributed by atoms with van der Waals surface area (Å²) < 4.78 is 19.1.